The van der Waals surface area contributed by atoms with E-state index in [0.717, 1.165) is 29.3 Å². The van der Waals surface area contributed by atoms with Crippen molar-refractivity contribution in [2.75, 3.05) is 7.11 Å². The predicted octanol–water partition coefficient (Wildman–Crippen LogP) is -1.56. The predicted molar refractivity (Wildman–Crippen MR) is 138 cm³/mol. The third kappa shape index (κ3) is 8.80. The molecule has 0 aromatic heterocycles. The molecule has 0 aliphatic rings. The minimum atomic E-state index is -5.13. The minimum Gasteiger partial charge on any atom is -0.744 e. The number of ether oxygens (including phenoxy) is 2. The zero-order valence-electron chi connectivity index (χ0n) is 22.4. The second-order valence-electron chi connectivity index (χ2n) is 8.07. The second kappa shape index (κ2) is 15.3. The van der Waals surface area contributed by atoms with Crippen LogP contribution in [0.4, 0.5) is 0 Å². The van der Waals surface area contributed by atoms with E-state index >= 15 is 0 Å². The summed E-state index contributed by atoms with van der Waals surface area (Å²) in [6.45, 7) is 1.66. The van der Waals surface area contributed by atoms with Crippen LogP contribution in [0.2, 0.25) is 0 Å². The van der Waals surface area contributed by atoms with Gasteiger partial charge in [0.2, 0.25) is 9.84 Å². The first-order chi connectivity index (χ1) is 18.5. The van der Waals surface area contributed by atoms with Crippen molar-refractivity contribution in [1.82, 2.24) is 0 Å². The molecule has 0 atom stereocenters. The number of benzene rings is 4. The van der Waals surface area contributed by atoms with Crippen LogP contribution in [0.15, 0.2) is 105 Å². The Hall–Kier alpha value is -1.43. The number of aryl methyl sites for hydroxylation is 1. The monoisotopic (exact) mass is 634 g/mol. The smallest absolute Gasteiger partial charge is 0.744 e. The average Bonchev–Trinajstić information content (AvgIpc) is 2.92. The molecule has 0 saturated heterocycles. The van der Waals surface area contributed by atoms with Crippen LogP contribution < -0.4 is 73.8 Å². The molecule has 0 N–H and O–H groups in total. The van der Waals surface area contributed by atoms with Gasteiger partial charge in [-0.15, -0.1) is 0 Å². The summed E-state index contributed by atoms with van der Waals surface area (Å²) in [4.78, 5) is -1.23. The van der Waals surface area contributed by atoms with E-state index in [0.29, 0.717) is 23.4 Å². The molecule has 15 heteroatoms. The molecular weight excluding hydrogens is 614 g/mol. The second-order valence-corrected chi connectivity index (χ2v) is 12.1. The van der Waals surface area contributed by atoms with Crippen LogP contribution in [0.5, 0.6) is 17.2 Å². The van der Waals surface area contributed by atoms with Crippen molar-refractivity contribution >= 4 is 32.0 Å². The van der Waals surface area contributed by atoms with Gasteiger partial charge in [0.15, 0.2) is 0 Å². The first kappa shape index (κ1) is 35.8. The first-order valence-electron chi connectivity index (χ1n) is 11.0. The van der Waals surface area contributed by atoms with Gasteiger partial charge in [0.1, 0.15) is 27.4 Å². The van der Waals surface area contributed by atoms with Gasteiger partial charge in [-0.2, -0.15) is 4.33 Å². The van der Waals surface area contributed by atoms with Crippen LogP contribution in [0.25, 0.3) is 11.1 Å². The van der Waals surface area contributed by atoms with Crippen LogP contribution in [0, 0.1) is 6.92 Å². The van der Waals surface area contributed by atoms with E-state index in [1.54, 1.807) is 38.3 Å². The van der Waals surface area contributed by atoms with Gasteiger partial charge in [-0.05, 0) is 78.2 Å². The Morgan fingerprint density at radius 2 is 1.27 bits per heavy atom. The summed E-state index contributed by atoms with van der Waals surface area (Å²) in [5.74, 6) is 0.607. The van der Waals surface area contributed by atoms with E-state index in [4.69, 9.17) is 9.47 Å². The average molecular weight is 635 g/mol. The van der Waals surface area contributed by atoms with Gasteiger partial charge in [-0.25, -0.2) is 16.8 Å². The molecule has 204 valence electrons. The molecular formula is C26H20Na2O10S3. The van der Waals surface area contributed by atoms with E-state index in [1.165, 1.54) is 18.2 Å². The van der Waals surface area contributed by atoms with Crippen molar-refractivity contribution in [3.05, 3.63) is 90.5 Å². The summed E-state index contributed by atoms with van der Waals surface area (Å²) in [6, 6.07) is 21.0. The van der Waals surface area contributed by atoms with Crippen LogP contribution in [-0.2, 0) is 29.3 Å². The van der Waals surface area contributed by atoms with E-state index < -0.39 is 29.7 Å². The van der Waals surface area contributed by atoms with E-state index in [9.17, 15) is 26.6 Å². The first-order valence-corrected chi connectivity index (χ1v) is 14.7. The van der Waals surface area contributed by atoms with Crippen molar-refractivity contribution in [3.63, 3.8) is 0 Å². The molecule has 41 heavy (non-hydrogen) atoms. The van der Waals surface area contributed by atoms with Crippen LogP contribution in [0.1, 0.15) is 5.56 Å². The molecule has 0 heterocycles. The fourth-order valence-corrected chi connectivity index (χ4v) is 6.15. The van der Waals surface area contributed by atoms with Gasteiger partial charge in [0, 0.05) is 4.90 Å². The van der Waals surface area contributed by atoms with E-state index in [-0.39, 0.29) is 80.4 Å². The molecule has 10 nitrogen and oxygen atoms in total. The summed E-state index contributed by atoms with van der Waals surface area (Å²) < 4.78 is 77.8. The van der Waals surface area contributed by atoms with Gasteiger partial charge < -0.3 is 19.3 Å². The number of sulfone groups is 1. The number of hydrogen-bond donors (Lipinski definition) is 0. The third-order valence-corrected chi connectivity index (χ3v) is 8.97. The largest absolute Gasteiger partial charge is 1.00 e. The number of rotatable bonds is 10. The Balaban J connectivity index is 0.00000294. The SMILES string of the molecule is COc1ccc(-c2ccc(Oc3ccc(S(=O)(=O)c4ccc(C)c(SOO[O-])c4)cc3S(=O)(=O)[O-])cc2)cc1.[Na+].[Na+]. The quantitative estimate of drug-likeness (QED) is 0.0655. The van der Waals surface area contributed by atoms with Crippen molar-refractivity contribution in [3.8, 4) is 28.4 Å². The molecule has 0 spiro atoms. The van der Waals surface area contributed by atoms with E-state index in [2.05, 4.69) is 9.37 Å². The minimum absolute atomic E-state index is 0. The standard InChI is InChI=1S/C26H22O10S3.2Na/c1-17-3-12-22(15-25(17)37-36-35-27)38(28,29)23-13-14-24(26(16-23)39(30,31)32)34-21-10-6-19(7-11-21)18-4-8-20(33-2)9-5-18;;/h3-16,27H,1-2H3,(H,30,31,32);;/q;2*+1/p-2. The van der Waals surface area contributed by atoms with Crippen molar-refractivity contribution in [2.45, 2.75) is 26.5 Å². The fraction of sp³-hybridized carbons (Fsp3) is 0.0769. The summed E-state index contributed by atoms with van der Waals surface area (Å²) >= 11 is 0.514. The topological polar surface area (TPSA) is 151 Å². The third-order valence-electron chi connectivity index (χ3n) is 5.62. The Morgan fingerprint density at radius 1 is 0.732 bits per heavy atom. The molecule has 0 unspecified atom stereocenters. The Kier molecular flexibility index (Phi) is 13.4. The molecule has 0 radical (unpaired) electrons. The van der Waals surface area contributed by atoms with Gasteiger partial charge in [0.05, 0.1) is 33.8 Å². The maximum atomic E-state index is 13.2. The number of hydrogen-bond acceptors (Lipinski definition) is 11. The normalized spacial score (nSPS) is 11.2. The van der Waals surface area contributed by atoms with Crippen LogP contribution >= 0.6 is 12.0 Å². The summed E-state index contributed by atoms with van der Waals surface area (Å²) in [7, 11) is -7.83. The maximum absolute atomic E-state index is 13.2. The van der Waals surface area contributed by atoms with E-state index in [1.807, 2.05) is 24.3 Å². The van der Waals surface area contributed by atoms with Crippen LogP contribution in [0.3, 0.4) is 0 Å². The molecule has 0 saturated carbocycles. The molecule has 4 rings (SSSR count). The zero-order valence-corrected chi connectivity index (χ0v) is 28.8. The van der Waals surface area contributed by atoms with Gasteiger partial charge in [-0.3, -0.25) is 5.04 Å². The molecule has 0 aliphatic heterocycles. The summed E-state index contributed by atoms with van der Waals surface area (Å²) in [5, 5.41) is 13.5. The molecule has 0 aliphatic carbocycles. The Labute approximate surface area is 286 Å². The molecule has 4 aromatic rings. The number of methoxy groups -OCH3 is 1. The zero-order chi connectivity index (χ0) is 28.2. The van der Waals surface area contributed by atoms with Gasteiger partial charge >= 0.3 is 59.1 Å². The fourth-order valence-electron chi connectivity index (χ4n) is 3.59. The van der Waals surface area contributed by atoms with Crippen molar-refractivity contribution < 1.29 is 105 Å². The molecule has 0 amide bonds. The van der Waals surface area contributed by atoms with Crippen molar-refractivity contribution in [2.24, 2.45) is 0 Å². The van der Waals surface area contributed by atoms with Crippen LogP contribution in [-0.4, -0.2) is 28.5 Å². The molecule has 4 aromatic carbocycles. The maximum Gasteiger partial charge on any atom is 1.00 e. The van der Waals surface area contributed by atoms with Gasteiger partial charge in [-0.1, -0.05) is 30.3 Å². The molecule has 0 bridgehead atoms. The summed E-state index contributed by atoms with van der Waals surface area (Å²) in [6.07, 6.45) is 0. The Bertz CT molecular complexity index is 1690. The molecule has 0 fully saturated rings. The van der Waals surface area contributed by atoms with Gasteiger partial charge in [0.25, 0.3) is 0 Å². The summed E-state index contributed by atoms with van der Waals surface area (Å²) in [5.41, 5.74) is 2.36. The van der Waals surface area contributed by atoms with Crippen molar-refractivity contribution in [1.29, 1.82) is 0 Å². The Morgan fingerprint density at radius 3 is 1.80 bits per heavy atom.